The Kier molecular flexibility index (Phi) is 6.82. The number of benzene rings is 3. The van der Waals surface area contributed by atoms with Crippen LogP contribution in [-0.4, -0.2) is 31.4 Å². The van der Waals surface area contributed by atoms with Crippen molar-refractivity contribution in [3.05, 3.63) is 90.0 Å². The Bertz CT molecular complexity index is 1520. The van der Waals surface area contributed by atoms with E-state index in [0.717, 1.165) is 50.4 Å². The second kappa shape index (κ2) is 10.3. The molecule has 0 spiro atoms. The van der Waals surface area contributed by atoms with Crippen molar-refractivity contribution in [3.63, 3.8) is 0 Å². The number of carbonyl (C=O) groups excluding carboxylic acids is 1. The normalized spacial score (nSPS) is 11.1. The molecule has 0 saturated carbocycles. The maximum absolute atomic E-state index is 12.7. The summed E-state index contributed by atoms with van der Waals surface area (Å²) in [6.45, 7) is 6.79. The molecular weight excluding hydrogens is 466 g/mol. The van der Waals surface area contributed by atoms with Crippen LogP contribution in [0.1, 0.15) is 18.1 Å². The van der Waals surface area contributed by atoms with Crippen molar-refractivity contribution in [2.45, 2.75) is 32.5 Å². The maximum Gasteiger partial charge on any atom is 0.234 e. The highest BCUT2D eigenvalue weighted by atomic mass is 32.2. The summed E-state index contributed by atoms with van der Waals surface area (Å²) in [4.78, 5) is 17.6. The van der Waals surface area contributed by atoms with Crippen LogP contribution < -0.4 is 5.32 Å². The van der Waals surface area contributed by atoms with Gasteiger partial charge in [0.25, 0.3) is 0 Å². The number of fused-ring (bicyclic) bond motifs is 1. The molecule has 5 rings (SSSR count). The number of rotatable bonds is 7. The Morgan fingerprint density at radius 2 is 1.64 bits per heavy atom. The molecule has 0 atom stereocenters. The molecule has 1 N–H and O–H groups in total. The number of thioether (sulfide) groups is 1. The van der Waals surface area contributed by atoms with E-state index in [-0.39, 0.29) is 11.7 Å². The van der Waals surface area contributed by atoms with Gasteiger partial charge < -0.3 is 9.88 Å². The number of aromatic nitrogens is 4. The molecule has 0 unspecified atom stereocenters. The summed E-state index contributed by atoms with van der Waals surface area (Å²) in [6, 6.07) is 26.3. The fraction of sp³-hybridized carbons (Fsp3) is 0.172. The summed E-state index contributed by atoms with van der Waals surface area (Å²) >= 11 is 1.39. The summed E-state index contributed by atoms with van der Waals surface area (Å²) in [5, 5.41) is 13.7. The minimum atomic E-state index is -0.0714. The quantitative estimate of drug-likeness (QED) is 0.261. The number of hydrogen-bond donors (Lipinski definition) is 1. The number of nitrogens with one attached hydrogen (secondary N) is 1. The summed E-state index contributed by atoms with van der Waals surface area (Å²) in [5.74, 6) is 0.945. The van der Waals surface area contributed by atoms with Gasteiger partial charge in [0.05, 0.1) is 17.0 Å². The maximum atomic E-state index is 12.7. The van der Waals surface area contributed by atoms with Gasteiger partial charge in [0, 0.05) is 28.7 Å². The fourth-order valence-electron chi connectivity index (χ4n) is 4.37. The molecule has 5 aromatic rings. The average Bonchev–Trinajstić information content (AvgIpc) is 3.29. The lowest BCUT2D eigenvalue weighted by Crippen LogP contribution is -2.15. The highest BCUT2D eigenvalue weighted by molar-refractivity contribution is 7.99. The number of para-hydroxylation sites is 1. The molecule has 180 valence electrons. The predicted octanol–water partition coefficient (Wildman–Crippen LogP) is 6.53. The molecule has 0 bridgehead atoms. The van der Waals surface area contributed by atoms with Gasteiger partial charge in [0.1, 0.15) is 0 Å². The van der Waals surface area contributed by atoms with Gasteiger partial charge in [-0.1, -0.05) is 66.4 Å². The number of amides is 1. The molecular formula is C29H27N5OS. The Morgan fingerprint density at radius 1 is 0.917 bits per heavy atom. The largest absolute Gasteiger partial charge is 0.325 e. The Hall–Kier alpha value is -3.97. The van der Waals surface area contributed by atoms with Crippen molar-refractivity contribution in [1.29, 1.82) is 0 Å². The minimum Gasteiger partial charge on any atom is -0.325 e. The molecule has 1 amide bonds. The van der Waals surface area contributed by atoms with E-state index in [9.17, 15) is 4.79 Å². The van der Waals surface area contributed by atoms with Crippen LogP contribution in [0, 0.1) is 13.8 Å². The second-order valence-corrected chi connectivity index (χ2v) is 9.64. The van der Waals surface area contributed by atoms with Crippen molar-refractivity contribution in [1.82, 2.24) is 19.7 Å². The third-order valence-electron chi connectivity index (χ3n) is 5.90. The lowest BCUT2D eigenvalue weighted by atomic mass is 10.0. The van der Waals surface area contributed by atoms with Crippen LogP contribution in [0.15, 0.2) is 84.0 Å². The predicted molar refractivity (Wildman–Crippen MR) is 147 cm³/mol. The van der Waals surface area contributed by atoms with E-state index in [1.54, 1.807) is 0 Å². The number of anilines is 1. The van der Waals surface area contributed by atoms with Crippen LogP contribution >= 0.6 is 11.8 Å². The van der Waals surface area contributed by atoms with E-state index in [4.69, 9.17) is 4.98 Å². The van der Waals surface area contributed by atoms with Crippen LogP contribution in [0.2, 0.25) is 0 Å². The number of pyridine rings is 1. The zero-order valence-corrected chi connectivity index (χ0v) is 21.3. The molecule has 0 aliphatic heterocycles. The van der Waals surface area contributed by atoms with Gasteiger partial charge in [-0.2, -0.15) is 0 Å². The highest BCUT2D eigenvalue weighted by Crippen LogP contribution is 2.33. The molecule has 2 heterocycles. The van der Waals surface area contributed by atoms with E-state index >= 15 is 0 Å². The first-order valence-electron chi connectivity index (χ1n) is 11.9. The lowest BCUT2D eigenvalue weighted by molar-refractivity contribution is -0.113. The molecule has 0 fully saturated rings. The van der Waals surface area contributed by atoms with Crippen LogP contribution in [0.4, 0.5) is 5.69 Å². The summed E-state index contributed by atoms with van der Waals surface area (Å²) in [5.41, 5.74) is 6.86. The summed E-state index contributed by atoms with van der Waals surface area (Å²) in [7, 11) is 0. The molecule has 6 nitrogen and oxygen atoms in total. The van der Waals surface area contributed by atoms with Crippen molar-refractivity contribution in [3.8, 4) is 22.6 Å². The van der Waals surface area contributed by atoms with Gasteiger partial charge in [0.15, 0.2) is 11.0 Å². The Labute approximate surface area is 214 Å². The molecule has 36 heavy (non-hydrogen) atoms. The number of aryl methyl sites for hydroxylation is 2. The van der Waals surface area contributed by atoms with Gasteiger partial charge in [-0.15, -0.1) is 10.2 Å². The molecule has 0 saturated heterocycles. The van der Waals surface area contributed by atoms with E-state index in [1.165, 1.54) is 11.8 Å². The minimum absolute atomic E-state index is 0.0714. The van der Waals surface area contributed by atoms with Gasteiger partial charge in [-0.3, -0.25) is 4.79 Å². The zero-order valence-electron chi connectivity index (χ0n) is 20.5. The summed E-state index contributed by atoms with van der Waals surface area (Å²) in [6.07, 6.45) is 0. The molecule has 0 aliphatic carbocycles. The number of carbonyl (C=O) groups is 1. The van der Waals surface area contributed by atoms with Gasteiger partial charge in [-0.25, -0.2) is 4.98 Å². The highest BCUT2D eigenvalue weighted by Gasteiger charge is 2.18. The molecule has 0 radical (unpaired) electrons. The van der Waals surface area contributed by atoms with E-state index < -0.39 is 0 Å². The van der Waals surface area contributed by atoms with Crippen LogP contribution in [0.25, 0.3) is 33.5 Å². The Balaban J connectivity index is 1.44. The molecule has 3 aromatic carbocycles. The third kappa shape index (κ3) is 5.02. The van der Waals surface area contributed by atoms with Crippen molar-refractivity contribution in [2.75, 3.05) is 11.1 Å². The zero-order chi connectivity index (χ0) is 25.1. The topological polar surface area (TPSA) is 72.7 Å². The third-order valence-corrected chi connectivity index (χ3v) is 6.86. The van der Waals surface area contributed by atoms with Gasteiger partial charge in [-0.05, 0) is 56.2 Å². The van der Waals surface area contributed by atoms with Crippen LogP contribution in [0.3, 0.4) is 0 Å². The average molecular weight is 494 g/mol. The van der Waals surface area contributed by atoms with E-state index in [2.05, 4.69) is 57.3 Å². The number of hydrogen-bond acceptors (Lipinski definition) is 5. The fourth-order valence-corrected chi connectivity index (χ4v) is 5.17. The second-order valence-electron chi connectivity index (χ2n) is 8.70. The first-order chi connectivity index (χ1) is 17.5. The van der Waals surface area contributed by atoms with Crippen LogP contribution in [0.5, 0.6) is 0 Å². The first kappa shape index (κ1) is 23.8. The number of nitrogens with zero attached hydrogens (tertiary/aromatic N) is 4. The Morgan fingerprint density at radius 3 is 2.39 bits per heavy atom. The van der Waals surface area contributed by atoms with Crippen molar-refractivity contribution in [2.24, 2.45) is 0 Å². The lowest BCUT2D eigenvalue weighted by Gasteiger charge is -2.12. The smallest absolute Gasteiger partial charge is 0.234 e. The van der Waals surface area contributed by atoms with Crippen molar-refractivity contribution < 1.29 is 4.79 Å². The standard InChI is InChI=1S/C29H27N5OS/c1-4-34-28(32-33-29(34)36-18-27(35)30-22-15-19(2)14-20(3)16-22)24-17-26(21-10-6-5-7-11-21)31-25-13-9-8-12-23(24)25/h5-17H,4,18H2,1-3H3,(H,30,35). The molecule has 7 heteroatoms. The first-order valence-corrected chi connectivity index (χ1v) is 12.9. The van der Waals surface area contributed by atoms with Gasteiger partial charge >= 0.3 is 0 Å². The van der Waals surface area contributed by atoms with E-state index in [0.29, 0.717) is 11.7 Å². The SMILES string of the molecule is CCn1c(SCC(=O)Nc2cc(C)cc(C)c2)nnc1-c1cc(-c2ccccc2)nc2ccccc12. The van der Waals surface area contributed by atoms with Gasteiger partial charge in [0.2, 0.25) is 5.91 Å². The van der Waals surface area contributed by atoms with Crippen LogP contribution in [-0.2, 0) is 11.3 Å². The monoisotopic (exact) mass is 493 g/mol. The summed E-state index contributed by atoms with van der Waals surface area (Å²) < 4.78 is 2.06. The molecule has 2 aromatic heterocycles. The van der Waals surface area contributed by atoms with Crippen molar-refractivity contribution >= 4 is 34.3 Å². The molecule has 0 aliphatic rings. The van der Waals surface area contributed by atoms with E-state index in [1.807, 2.05) is 62.4 Å².